The Morgan fingerprint density at radius 2 is 1.96 bits per heavy atom. The molecular formula is C21H17N3O3S. The van der Waals surface area contributed by atoms with Crippen molar-refractivity contribution in [3.8, 4) is 11.5 Å². The number of amides is 2. The molecule has 0 fully saturated rings. The largest absolute Gasteiger partial charge is 0.463 e. The monoisotopic (exact) mass is 391 g/mol. The van der Waals surface area contributed by atoms with Crippen LogP contribution in [-0.2, 0) is 11.2 Å². The summed E-state index contributed by atoms with van der Waals surface area (Å²) < 4.78 is 5.41. The average molecular weight is 391 g/mol. The second-order valence-corrected chi connectivity index (χ2v) is 6.96. The fourth-order valence-corrected chi connectivity index (χ4v) is 3.57. The highest BCUT2D eigenvalue weighted by molar-refractivity contribution is 7.07. The number of nitrogens with zero attached hydrogens (tertiary/aromatic N) is 1. The van der Waals surface area contributed by atoms with Gasteiger partial charge in [0.25, 0.3) is 5.91 Å². The number of hydrazine groups is 1. The molecule has 7 heteroatoms. The summed E-state index contributed by atoms with van der Waals surface area (Å²) in [6.07, 6.45) is 2.48. The highest BCUT2D eigenvalue weighted by Crippen LogP contribution is 2.25. The summed E-state index contributed by atoms with van der Waals surface area (Å²) in [6, 6.07) is 14.5. The molecule has 2 amide bonds. The van der Waals surface area contributed by atoms with Gasteiger partial charge in [-0.1, -0.05) is 18.2 Å². The molecule has 6 nitrogen and oxygen atoms in total. The van der Waals surface area contributed by atoms with Gasteiger partial charge in [-0.3, -0.25) is 20.4 Å². The molecule has 0 aliphatic carbocycles. The predicted molar refractivity (Wildman–Crippen MR) is 108 cm³/mol. The van der Waals surface area contributed by atoms with E-state index in [1.807, 2.05) is 41.1 Å². The van der Waals surface area contributed by atoms with E-state index < -0.39 is 5.91 Å². The highest BCUT2D eigenvalue weighted by atomic mass is 32.1. The molecular weight excluding hydrogens is 374 g/mol. The molecule has 0 saturated heterocycles. The van der Waals surface area contributed by atoms with E-state index in [4.69, 9.17) is 4.42 Å². The molecule has 0 bridgehead atoms. The van der Waals surface area contributed by atoms with Crippen LogP contribution in [0.5, 0.6) is 0 Å². The smallest absolute Gasteiger partial charge is 0.270 e. The summed E-state index contributed by atoms with van der Waals surface area (Å²) in [7, 11) is 0. The number of carbonyl (C=O) groups is 2. The molecule has 0 radical (unpaired) electrons. The number of hydrogen-bond acceptors (Lipinski definition) is 5. The molecule has 4 aromatic rings. The number of aryl methyl sites for hydroxylation is 1. The minimum atomic E-state index is -0.407. The Balaban J connectivity index is 1.51. The molecule has 4 rings (SSSR count). The van der Waals surface area contributed by atoms with Gasteiger partial charge in [-0.2, -0.15) is 11.3 Å². The lowest BCUT2D eigenvalue weighted by atomic mass is 10.1. The lowest BCUT2D eigenvalue weighted by Gasteiger charge is -2.10. The van der Waals surface area contributed by atoms with Crippen LogP contribution in [-0.4, -0.2) is 16.8 Å². The summed E-state index contributed by atoms with van der Waals surface area (Å²) in [6.45, 7) is 0. The van der Waals surface area contributed by atoms with Crippen molar-refractivity contribution in [2.75, 3.05) is 0 Å². The van der Waals surface area contributed by atoms with Crippen LogP contribution in [0.3, 0.4) is 0 Å². The molecule has 0 atom stereocenters. The van der Waals surface area contributed by atoms with Crippen molar-refractivity contribution >= 4 is 34.1 Å². The van der Waals surface area contributed by atoms with Gasteiger partial charge in [-0.15, -0.1) is 0 Å². The Labute approximate surface area is 165 Å². The van der Waals surface area contributed by atoms with Crippen LogP contribution >= 0.6 is 11.3 Å². The Morgan fingerprint density at radius 1 is 1.07 bits per heavy atom. The van der Waals surface area contributed by atoms with Crippen molar-refractivity contribution in [2.45, 2.75) is 12.8 Å². The fourth-order valence-electron chi connectivity index (χ4n) is 2.86. The molecule has 0 saturated carbocycles. The van der Waals surface area contributed by atoms with Gasteiger partial charge in [0.2, 0.25) is 5.91 Å². The summed E-state index contributed by atoms with van der Waals surface area (Å²) in [5.74, 6) is -0.0842. The quantitative estimate of drug-likeness (QED) is 0.505. The van der Waals surface area contributed by atoms with Gasteiger partial charge in [0.05, 0.1) is 17.3 Å². The second-order valence-electron chi connectivity index (χ2n) is 6.18. The lowest BCUT2D eigenvalue weighted by Crippen LogP contribution is -2.41. The minimum absolute atomic E-state index is 0.246. The van der Waals surface area contributed by atoms with Gasteiger partial charge >= 0.3 is 0 Å². The van der Waals surface area contributed by atoms with Crippen LogP contribution in [0.15, 0.2) is 70.0 Å². The van der Waals surface area contributed by atoms with Crippen molar-refractivity contribution in [3.05, 3.63) is 76.7 Å². The summed E-state index contributed by atoms with van der Waals surface area (Å²) >= 11 is 1.59. The summed E-state index contributed by atoms with van der Waals surface area (Å²) in [4.78, 5) is 29.3. The zero-order valence-electron chi connectivity index (χ0n) is 14.8. The van der Waals surface area contributed by atoms with E-state index in [0.29, 0.717) is 40.8 Å². The van der Waals surface area contributed by atoms with E-state index in [-0.39, 0.29) is 5.91 Å². The molecule has 3 heterocycles. The molecule has 0 unspecified atom stereocenters. The summed E-state index contributed by atoms with van der Waals surface area (Å²) in [5, 5.41) is 4.67. The van der Waals surface area contributed by atoms with Crippen molar-refractivity contribution in [1.29, 1.82) is 0 Å². The van der Waals surface area contributed by atoms with Crippen molar-refractivity contribution in [2.24, 2.45) is 0 Å². The third-order valence-corrected chi connectivity index (χ3v) is 5.00. The van der Waals surface area contributed by atoms with Crippen LogP contribution in [0.1, 0.15) is 22.3 Å². The second kappa shape index (κ2) is 8.06. The Bertz CT molecular complexity index is 1110. The van der Waals surface area contributed by atoms with E-state index >= 15 is 0 Å². The third-order valence-electron chi connectivity index (χ3n) is 4.27. The number of rotatable bonds is 5. The summed E-state index contributed by atoms with van der Waals surface area (Å²) in [5.41, 5.74) is 7.73. The Kier molecular flexibility index (Phi) is 5.16. The number of benzene rings is 1. The Hall–Kier alpha value is -3.45. The lowest BCUT2D eigenvalue weighted by molar-refractivity contribution is -0.121. The van der Waals surface area contributed by atoms with Crippen LogP contribution in [0.25, 0.3) is 22.4 Å². The maximum atomic E-state index is 12.7. The van der Waals surface area contributed by atoms with Gasteiger partial charge in [0.1, 0.15) is 5.69 Å². The average Bonchev–Trinajstić information content (AvgIpc) is 3.43. The van der Waals surface area contributed by atoms with Gasteiger partial charge in [0, 0.05) is 11.8 Å². The van der Waals surface area contributed by atoms with Crippen molar-refractivity contribution in [1.82, 2.24) is 15.8 Å². The first-order valence-corrected chi connectivity index (χ1v) is 9.69. The number of fused-ring (bicyclic) bond motifs is 1. The number of nitrogens with one attached hydrogen (secondary N) is 2. The molecule has 0 aliphatic heterocycles. The molecule has 0 aliphatic rings. The van der Waals surface area contributed by atoms with E-state index in [1.54, 1.807) is 35.8 Å². The molecule has 28 heavy (non-hydrogen) atoms. The minimum Gasteiger partial charge on any atom is -0.463 e. The van der Waals surface area contributed by atoms with Gasteiger partial charge < -0.3 is 4.42 Å². The first-order valence-electron chi connectivity index (χ1n) is 8.74. The standard InChI is InChI=1S/C21H17N3O3S/c25-20(8-7-14-9-11-28-13-14)23-24-21(26)16-12-18(19-6-3-10-27-19)22-17-5-2-1-4-15(16)17/h1-6,9-13H,7-8H2,(H,23,25)(H,24,26). The number of aromatic nitrogens is 1. The molecule has 3 aromatic heterocycles. The van der Waals surface area contributed by atoms with Gasteiger partial charge in [-0.05, 0) is 53.1 Å². The van der Waals surface area contributed by atoms with Crippen molar-refractivity contribution in [3.63, 3.8) is 0 Å². The Morgan fingerprint density at radius 3 is 2.75 bits per heavy atom. The van der Waals surface area contributed by atoms with E-state index in [2.05, 4.69) is 15.8 Å². The van der Waals surface area contributed by atoms with Crippen LogP contribution < -0.4 is 10.9 Å². The number of carbonyl (C=O) groups excluding carboxylic acids is 2. The maximum absolute atomic E-state index is 12.7. The van der Waals surface area contributed by atoms with Crippen LogP contribution in [0.4, 0.5) is 0 Å². The zero-order valence-corrected chi connectivity index (χ0v) is 15.7. The highest BCUT2D eigenvalue weighted by Gasteiger charge is 2.15. The maximum Gasteiger partial charge on any atom is 0.270 e. The zero-order chi connectivity index (χ0) is 19.3. The van der Waals surface area contributed by atoms with Gasteiger partial charge in [-0.25, -0.2) is 4.98 Å². The first kappa shape index (κ1) is 17.9. The number of thiophene rings is 1. The number of pyridine rings is 1. The predicted octanol–water partition coefficient (Wildman–Crippen LogP) is 3.95. The normalized spacial score (nSPS) is 10.7. The topological polar surface area (TPSA) is 84.2 Å². The first-order chi connectivity index (χ1) is 13.7. The molecule has 1 aromatic carbocycles. The van der Waals surface area contributed by atoms with Crippen LogP contribution in [0, 0.1) is 0 Å². The van der Waals surface area contributed by atoms with E-state index in [9.17, 15) is 9.59 Å². The van der Waals surface area contributed by atoms with E-state index in [0.717, 1.165) is 5.56 Å². The van der Waals surface area contributed by atoms with Crippen molar-refractivity contribution < 1.29 is 14.0 Å². The van der Waals surface area contributed by atoms with Crippen LogP contribution in [0.2, 0.25) is 0 Å². The third kappa shape index (κ3) is 3.94. The van der Waals surface area contributed by atoms with E-state index in [1.165, 1.54) is 0 Å². The fraction of sp³-hybridized carbons (Fsp3) is 0.0952. The molecule has 140 valence electrons. The molecule has 2 N–H and O–H groups in total. The van der Waals surface area contributed by atoms with Gasteiger partial charge in [0.15, 0.2) is 5.76 Å². The number of para-hydroxylation sites is 1. The number of hydrogen-bond donors (Lipinski definition) is 2. The number of furan rings is 1. The molecule has 0 spiro atoms. The SMILES string of the molecule is O=C(CCc1ccsc1)NNC(=O)c1cc(-c2ccco2)nc2ccccc12.